The normalized spacial score (nSPS) is 12.2. The van der Waals surface area contributed by atoms with Crippen molar-refractivity contribution >= 4 is 33.3 Å². The molecule has 0 fully saturated rings. The number of fused-ring (bicyclic) bond motifs is 4. The zero-order valence-corrected chi connectivity index (χ0v) is 11.5. The van der Waals surface area contributed by atoms with E-state index in [0.29, 0.717) is 0 Å². The van der Waals surface area contributed by atoms with Gasteiger partial charge in [0, 0.05) is 22.8 Å². The first-order valence-electron chi connectivity index (χ1n) is 7.06. The van der Waals surface area contributed by atoms with E-state index in [1.165, 1.54) is 12.1 Å². The first-order valence-corrected chi connectivity index (χ1v) is 7.06. The number of halogens is 1. The van der Waals surface area contributed by atoms with Crippen molar-refractivity contribution in [1.82, 2.24) is 9.97 Å². The summed E-state index contributed by atoms with van der Waals surface area (Å²) in [6.07, 6.45) is 1.77. The molecule has 0 saturated heterocycles. The van der Waals surface area contributed by atoms with E-state index in [1.54, 1.807) is 12.3 Å². The van der Waals surface area contributed by atoms with Crippen molar-refractivity contribution < 1.29 is 4.39 Å². The summed E-state index contributed by atoms with van der Waals surface area (Å²) in [7, 11) is 0. The molecule has 0 amide bonds. The van der Waals surface area contributed by atoms with E-state index in [0.717, 1.165) is 44.4 Å². The molecule has 0 saturated carbocycles. The number of rotatable bonds is 0. The second kappa shape index (κ2) is 4.01. The molecular weight excluding hydrogens is 277 g/mol. The van der Waals surface area contributed by atoms with Gasteiger partial charge in [-0.25, -0.2) is 9.37 Å². The first kappa shape index (κ1) is 11.6. The molecule has 4 aromatic rings. The van der Waals surface area contributed by atoms with Gasteiger partial charge in [-0.3, -0.25) is 4.98 Å². The number of nitrogens with one attached hydrogen (secondary N) is 1. The lowest BCUT2D eigenvalue weighted by Gasteiger charge is -2.21. The Morgan fingerprint density at radius 3 is 2.82 bits per heavy atom. The van der Waals surface area contributed by atoms with Crippen molar-refractivity contribution in [2.75, 3.05) is 5.32 Å². The molecule has 0 aliphatic carbocycles. The molecule has 22 heavy (non-hydrogen) atoms. The zero-order chi connectivity index (χ0) is 14.7. The van der Waals surface area contributed by atoms with Gasteiger partial charge in [-0.15, -0.1) is 0 Å². The summed E-state index contributed by atoms with van der Waals surface area (Å²) in [6.45, 7) is 0. The molecule has 104 valence electrons. The summed E-state index contributed by atoms with van der Waals surface area (Å²) >= 11 is 0. The zero-order valence-electron chi connectivity index (χ0n) is 11.5. The Morgan fingerprint density at radius 2 is 1.86 bits per heavy atom. The van der Waals surface area contributed by atoms with Gasteiger partial charge in [0.2, 0.25) is 0 Å². The molecule has 0 unspecified atom stereocenters. The van der Waals surface area contributed by atoms with Gasteiger partial charge < -0.3 is 5.32 Å². The Kier molecular flexibility index (Phi) is 2.12. The van der Waals surface area contributed by atoms with Gasteiger partial charge in [-0.05, 0) is 35.9 Å². The van der Waals surface area contributed by atoms with Crippen LogP contribution in [0.15, 0.2) is 54.7 Å². The monoisotopic (exact) mass is 287 g/mol. The van der Waals surface area contributed by atoms with Gasteiger partial charge >= 0.3 is 0 Å². The second-order valence-corrected chi connectivity index (χ2v) is 5.37. The molecule has 0 spiro atoms. The van der Waals surface area contributed by atoms with Gasteiger partial charge in [-0.2, -0.15) is 0 Å². The van der Waals surface area contributed by atoms with E-state index in [2.05, 4.69) is 21.4 Å². The molecule has 1 aliphatic heterocycles. The molecule has 0 atom stereocenters. The minimum absolute atomic E-state index is 0.277. The highest BCUT2D eigenvalue weighted by molar-refractivity contribution is 6.16. The second-order valence-electron chi connectivity index (χ2n) is 5.37. The third-order valence-corrected chi connectivity index (χ3v) is 4.10. The number of anilines is 2. The number of nitrogens with zero attached hydrogens (tertiary/aromatic N) is 2. The number of aromatic nitrogens is 2. The molecule has 0 bridgehead atoms. The summed E-state index contributed by atoms with van der Waals surface area (Å²) in [4.78, 5) is 9.14. The van der Waals surface area contributed by atoms with E-state index in [-0.39, 0.29) is 5.82 Å². The quantitative estimate of drug-likeness (QED) is 0.421. The smallest absolute Gasteiger partial charge is 0.141 e. The number of para-hydroxylation sites is 1. The van der Waals surface area contributed by atoms with Crippen molar-refractivity contribution in [3.05, 3.63) is 60.5 Å². The summed E-state index contributed by atoms with van der Waals surface area (Å²) < 4.78 is 13.6. The number of benzene rings is 2. The molecule has 0 radical (unpaired) electrons. The van der Waals surface area contributed by atoms with Crippen LogP contribution in [0.25, 0.3) is 32.9 Å². The van der Waals surface area contributed by atoms with Crippen LogP contribution in [0.2, 0.25) is 0 Å². The predicted octanol–water partition coefficient (Wildman–Crippen LogP) is 4.65. The maximum Gasteiger partial charge on any atom is 0.141 e. The third kappa shape index (κ3) is 1.44. The van der Waals surface area contributed by atoms with Gasteiger partial charge in [0.15, 0.2) is 0 Å². The maximum absolute atomic E-state index is 13.6. The fourth-order valence-electron chi connectivity index (χ4n) is 3.15. The molecular formula is C18H10FN3. The van der Waals surface area contributed by atoms with Crippen LogP contribution in [-0.2, 0) is 0 Å². The number of hydrogen-bond acceptors (Lipinski definition) is 3. The van der Waals surface area contributed by atoms with Crippen LogP contribution in [0.5, 0.6) is 0 Å². The third-order valence-electron chi connectivity index (χ3n) is 4.10. The van der Waals surface area contributed by atoms with Gasteiger partial charge in [-0.1, -0.05) is 18.2 Å². The lowest BCUT2D eigenvalue weighted by atomic mass is 9.96. The topological polar surface area (TPSA) is 37.8 Å². The van der Waals surface area contributed by atoms with Crippen LogP contribution in [0.1, 0.15) is 0 Å². The molecule has 3 heterocycles. The van der Waals surface area contributed by atoms with Gasteiger partial charge in [0.25, 0.3) is 0 Å². The van der Waals surface area contributed by atoms with Crippen LogP contribution < -0.4 is 5.32 Å². The fraction of sp³-hybridized carbons (Fsp3) is 0. The van der Waals surface area contributed by atoms with E-state index >= 15 is 0 Å². The molecule has 1 N–H and O–H groups in total. The van der Waals surface area contributed by atoms with E-state index in [9.17, 15) is 4.39 Å². The minimum atomic E-state index is -0.277. The summed E-state index contributed by atoms with van der Waals surface area (Å²) in [5.41, 5.74) is 4.73. The molecule has 1 aliphatic rings. The van der Waals surface area contributed by atoms with Crippen molar-refractivity contribution in [3.8, 4) is 11.1 Å². The Labute approximate surface area is 125 Å². The summed E-state index contributed by atoms with van der Waals surface area (Å²) in [5.74, 6) is 0.497. The van der Waals surface area contributed by atoms with E-state index in [1.807, 2.05) is 24.3 Å². The average Bonchev–Trinajstić information content (AvgIpc) is 2.56. The predicted molar refractivity (Wildman–Crippen MR) is 85.7 cm³/mol. The van der Waals surface area contributed by atoms with Crippen LogP contribution in [0, 0.1) is 5.82 Å². The molecule has 5 rings (SSSR count). The van der Waals surface area contributed by atoms with Crippen molar-refractivity contribution in [1.29, 1.82) is 0 Å². The fourth-order valence-corrected chi connectivity index (χ4v) is 3.15. The number of pyridine rings is 2. The van der Waals surface area contributed by atoms with Crippen molar-refractivity contribution in [2.45, 2.75) is 0 Å². The first-order chi connectivity index (χ1) is 10.8. The number of hydrogen-bond donors (Lipinski definition) is 1. The Hall–Kier alpha value is -3.01. The lowest BCUT2D eigenvalue weighted by molar-refractivity contribution is 0.629. The highest BCUT2D eigenvalue weighted by Gasteiger charge is 2.20. The Morgan fingerprint density at radius 1 is 0.955 bits per heavy atom. The largest absolute Gasteiger partial charge is 0.339 e. The van der Waals surface area contributed by atoms with Crippen molar-refractivity contribution in [2.24, 2.45) is 0 Å². The van der Waals surface area contributed by atoms with E-state index in [4.69, 9.17) is 0 Å². The Balaban J connectivity index is 2.02. The standard InChI is InChI=1S/C18H10FN3/c19-10-5-6-15-13(9-10)17-16-12(7-8-20-17)11-3-1-2-4-14(11)21-18(16)22-15/h1-9H,(H,21,22). The van der Waals surface area contributed by atoms with Gasteiger partial charge in [0.05, 0.1) is 16.4 Å². The summed E-state index contributed by atoms with van der Waals surface area (Å²) in [6, 6.07) is 14.7. The molecule has 2 aromatic heterocycles. The van der Waals surface area contributed by atoms with Crippen LogP contribution >= 0.6 is 0 Å². The van der Waals surface area contributed by atoms with Crippen molar-refractivity contribution in [3.63, 3.8) is 0 Å². The Bertz CT molecular complexity index is 1070. The van der Waals surface area contributed by atoms with Crippen LogP contribution in [-0.4, -0.2) is 9.97 Å². The minimum Gasteiger partial charge on any atom is -0.339 e. The van der Waals surface area contributed by atoms with Crippen LogP contribution in [0.4, 0.5) is 15.9 Å². The van der Waals surface area contributed by atoms with E-state index < -0.39 is 0 Å². The molecule has 3 nitrogen and oxygen atoms in total. The summed E-state index contributed by atoms with van der Waals surface area (Å²) in [5, 5.41) is 5.05. The molecule has 4 heteroatoms. The molecule has 2 aromatic carbocycles. The maximum atomic E-state index is 13.6. The average molecular weight is 287 g/mol. The highest BCUT2D eigenvalue weighted by atomic mass is 19.1. The lowest BCUT2D eigenvalue weighted by Crippen LogP contribution is -2.04. The van der Waals surface area contributed by atoms with Gasteiger partial charge in [0.1, 0.15) is 11.6 Å². The highest BCUT2D eigenvalue weighted by Crippen LogP contribution is 2.43. The SMILES string of the molecule is Fc1ccc2nc3c4c(ccnc4c2c1)-c1ccccc1N3. The van der Waals surface area contributed by atoms with Crippen LogP contribution in [0.3, 0.4) is 0 Å².